The van der Waals surface area contributed by atoms with Gasteiger partial charge in [0.15, 0.2) is 0 Å². The fourth-order valence-corrected chi connectivity index (χ4v) is 2.59. The molecular weight excluding hydrogens is 214 g/mol. The number of carbonyl (C=O) groups is 1. The van der Waals surface area contributed by atoms with Gasteiger partial charge in [0.25, 0.3) is 0 Å². The number of hydrogen-bond donors (Lipinski definition) is 2. The van der Waals surface area contributed by atoms with Crippen LogP contribution in [0.3, 0.4) is 0 Å². The van der Waals surface area contributed by atoms with Gasteiger partial charge in [-0.15, -0.1) is 0 Å². The smallest absolute Gasteiger partial charge is 0.316 e. The summed E-state index contributed by atoms with van der Waals surface area (Å²) in [4.78, 5) is 11.8. The van der Waals surface area contributed by atoms with Crippen molar-refractivity contribution in [2.75, 3.05) is 0 Å². The average molecular weight is 235 g/mol. The Kier molecular flexibility index (Phi) is 3.88. The minimum absolute atomic E-state index is 0.154. The molecule has 2 aliphatic carbocycles. The summed E-state index contributed by atoms with van der Waals surface area (Å²) in [5, 5.41) is 15.2. The molecule has 4 heteroatoms. The van der Waals surface area contributed by atoms with Crippen LogP contribution in [0.2, 0.25) is 0 Å². The molecule has 2 rings (SSSR count). The highest BCUT2D eigenvalue weighted by atomic mass is 16.2. The van der Waals surface area contributed by atoms with E-state index in [0.29, 0.717) is 6.04 Å². The molecule has 2 fully saturated rings. The molecule has 0 aromatic rings. The normalized spacial score (nSPS) is 23.9. The average Bonchev–Trinajstić information content (AvgIpc) is 2.50. The van der Waals surface area contributed by atoms with Gasteiger partial charge in [-0.05, 0) is 32.1 Å². The van der Waals surface area contributed by atoms with E-state index < -0.39 is 5.54 Å². The van der Waals surface area contributed by atoms with Gasteiger partial charge < -0.3 is 10.6 Å². The maximum absolute atomic E-state index is 11.8. The van der Waals surface area contributed by atoms with Crippen LogP contribution in [-0.4, -0.2) is 17.6 Å². The summed E-state index contributed by atoms with van der Waals surface area (Å²) < 4.78 is 0. The SMILES string of the molecule is N#CC1(NC(=O)NC2CCC2)CCCCCC1. The lowest BCUT2D eigenvalue weighted by Gasteiger charge is -2.30. The first-order valence-corrected chi connectivity index (χ1v) is 6.74. The van der Waals surface area contributed by atoms with E-state index in [4.69, 9.17) is 0 Å². The molecule has 0 unspecified atom stereocenters. The lowest BCUT2D eigenvalue weighted by molar-refractivity contribution is 0.217. The van der Waals surface area contributed by atoms with Crippen molar-refractivity contribution in [1.29, 1.82) is 5.26 Å². The Balaban J connectivity index is 1.88. The van der Waals surface area contributed by atoms with Crippen LogP contribution < -0.4 is 10.6 Å². The molecule has 0 bridgehead atoms. The summed E-state index contributed by atoms with van der Waals surface area (Å²) in [6.07, 6.45) is 9.37. The number of hydrogen-bond acceptors (Lipinski definition) is 2. The topological polar surface area (TPSA) is 64.9 Å². The maximum atomic E-state index is 11.8. The van der Waals surface area contributed by atoms with Crippen LogP contribution in [-0.2, 0) is 0 Å². The minimum Gasteiger partial charge on any atom is -0.335 e. The number of carbonyl (C=O) groups excluding carboxylic acids is 1. The van der Waals surface area contributed by atoms with E-state index in [0.717, 1.165) is 38.5 Å². The monoisotopic (exact) mass is 235 g/mol. The third-order valence-electron chi connectivity index (χ3n) is 3.96. The van der Waals surface area contributed by atoms with Gasteiger partial charge in [-0.25, -0.2) is 4.79 Å². The summed E-state index contributed by atoms with van der Waals surface area (Å²) in [5.41, 5.74) is -0.621. The van der Waals surface area contributed by atoms with E-state index >= 15 is 0 Å². The van der Waals surface area contributed by atoms with Crippen molar-refractivity contribution in [3.8, 4) is 6.07 Å². The van der Waals surface area contributed by atoms with Crippen molar-refractivity contribution in [2.45, 2.75) is 69.4 Å². The molecular formula is C13H21N3O. The Labute approximate surface area is 103 Å². The second-order valence-electron chi connectivity index (χ2n) is 5.33. The van der Waals surface area contributed by atoms with Crippen LogP contribution >= 0.6 is 0 Å². The highest BCUT2D eigenvalue weighted by Crippen LogP contribution is 2.26. The number of nitrogens with one attached hydrogen (secondary N) is 2. The fourth-order valence-electron chi connectivity index (χ4n) is 2.59. The maximum Gasteiger partial charge on any atom is 0.316 e. The van der Waals surface area contributed by atoms with Crippen molar-refractivity contribution >= 4 is 6.03 Å². The largest absolute Gasteiger partial charge is 0.335 e. The number of amides is 2. The van der Waals surface area contributed by atoms with Gasteiger partial charge in [0.2, 0.25) is 0 Å². The summed E-state index contributed by atoms with van der Waals surface area (Å²) >= 11 is 0. The summed E-state index contributed by atoms with van der Waals surface area (Å²) in [6.45, 7) is 0. The zero-order valence-electron chi connectivity index (χ0n) is 10.3. The minimum atomic E-state index is -0.621. The number of urea groups is 1. The number of nitrogens with zero attached hydrogens (tertiary/aromatic N) is 1. The lowest BCUT2D eigenvalue weighted by atomic mass is 9.91. The number of rotatable bonds is 2. The molecule has 2 N–H and O–H groups in total. The van der Waals surface area contributed by atoms with E-state index in [1.165, 1.54) is 19.3 Å². The number of nitriles is 1. The predicted octanol–water partition coefficient (Wildman–Crippen LogP) is 2.45. The van der Waals surface area contributed by atoms with Gasteiger partial charge in [-0.3, -0.25) is 0 Å². The highest BCUT2D eigenvalue weighted by molar-refractivity contribution is 5.75. The van der Waals surface area contributed by atoms with Crippen LogP contribution in [0.1, 0.15) is 57.8 Å². The third kappa shape index (κ3) is 3.12. The second kappa shape index (κ2) is 5.39. The van der Waals surface area contributed by atoms with Crippen molar-refractivity contribution in [2.24, 2.45) is 0 Å². The molecule has 2 saturated carbocycles. The molecule has 2 aliphatic rings. The summed E-state index contributed by atoms with van der Waals surface area (Å²) in [7, 11) is 0. The predicted molar refractivity (Wildman–Crippen MR) is 65.4 cm³/mol. The summed E-state index contributed by atoms with van der Waals surface area (Å²) in [6, 6.07) is 2.50. The van der Waals surface area contributed by atoms with Crippen LogP contribution in [0.25, 0.3) is 0 Å². The first-order chi connectivity index (χ1) is 8.24. The molecule has 0 heterocycles. The molecule has 0 spiro atoms. The van der Waals surface area contributed by atoms with Crippen LogP contribution in [0.5, 0.6) is 0 Å². The Morgan fingerprint density at radius 2 is 1.76 bits per heavy atom. The first-order valence-electron chi connectivity index (χ1n) is 6.74. The van der Waals surface area contributed by atoms with Gasteiger partial charge in [0.05, 0.1) is 6.07 Å². The molecule has 0 saturated heterocycles. The molecule has 94 valence electrons. The molecule has 0 aliphatic heterocycles. The zero-order chi connectivity index (χ0) is 12.1. The molecule has 0 aromatic carbocycles. The van der Waals surface area contributed by atoms with Gasteiger partial charge >= 0.3 is 6.03 Å². The second-order valence-corrected chi connectivity index (χ2v) is 5.33. The van der Waals surface area contributed by atoms with E-state index in [-0.39, 0.29) is 6.03 Å². The van der Waals surface area contributed by atoms with Crippen LogP contribution in [0, 0.1) is 11.3 Å². The van der Waals surface area contributed by atoms with Gasteiger partial charge in [-0.2, -0.15) is 5.26 Å². The molecule has 4 nitrogen and oxygen atoms in total. The zero-order valence-corrected chi connectivity index (χ0v) is 10.3. The van der Waals surface area contributed by atoms with Crippen LogP contribution in [0.4, 0.5) is 4.79 Å². The Hall–Kier alpha value is -1.24. The van der Waals surface area contributed by atoms with Gasteiger partial charge in [0, 0.05) is 6.04 Å². The van der Waals surface area contributed by atoms with Crippen molar-refractivity contribution in [1.82, 2.24) is 10.6 Å². The molecule has 0 radical (unpaired) electrons. The van der Waals surface area contributed by atoms with E-state index in [2.05, 4.69) is 16.7 Å². The van der Waals surface area contributed by atoms with E-state index in [1.807, 2.05) is 0 Å². The highest BCUT2D eigenvalue weighted by Gasteiger charge is 2.33. The standard InChI is InChI=1S/C13H21N3O/c14-10-13(8-3-1-2-4-9-13)16-12(17)15-11-6-5-7-11/h11H,1-9H2,(H2,15,16,17). The fraction of sp³-hybridized carbons (Fsp3) is 0.846. The Morgan fingerprint density at radius 1 is 1.12 bits per heavy atom. The summed E-state index contributed by atoms with van der Waals surface area (Å²) in [5.74, 6) is 0. The van der Waals surface area contributed by atoms with E-state index in [9.17, 15) is 10.1 Å². The van der Waals surface area contributed by atoms with Crippen molar-refractivity contribution in [3.05, 3.63) is 0 Å². The molecule has 17 heavy (non-hydrogen) atoms. The lowest BCUT2D eigenvalue weighted by Crippen LogP contribution is -2.54. The quantitative estimate of drug-likeness (QED) is 0.722. The Bertz CT molecular complexity index is 309. The van der Waals surface area contributed by atoms with Gasteiger partial charge in [-0.1, -0.05) is 25.7 Å². The molecule has 0 atom stereocenters. The van der Waals surface area contributed by atoms with Crippen LogP contribution in [0.15, 0.2) is 0 Å². The Morgan fingerprint density at radius 3 is 2.24 bits per heavy atom. The third-order valence-corrected chi connectivity index (χ3v) is 3.96. The van der Waals surface area contributed by atoms with Crippen molar-refractivity contribution in [3.63, 3.8) is 0 Å². The van der Waals surface area contributed by atoms with Crippen molar-refractivity contribution < 1.29 is 4.79 Å². The first kappa shape index (κ1) is 12.2. The van der Waals surface area contributed by atoms with Gasteiger partial charge in [0.1, 0.15) is 5.54 Å². The van der Waals surface area contributed by atoms with E-state index in [1.54, 1.807) is 0 Å². The molecule has 2 amide bonds. The molecule has 0 aromatic heterocycles.